The van der Waals surface area contributed by atoms with Gasteiger partial charge in [-0.2, -0.15) is 5.26 Å². The highest BCUT2D eigenvalue weighted by Crippen LogP contribution is 2.24. The molecule has 0 amide bonds. The fraction of sp³-hybridized carbons (Fsp3) is 0.526. The maximum atomic E-state index is 13.1. The van der Waals surface area contributed by atoms with E-state index >= 15 is 0 Å². The van der Waals surface area contributed by atoms with Crippen LogP contribution in [0, 0.1) is 11.3 Å². The molecule has 3 rings (SSSR count). The van der Waals surface area contributed by atoms with E-state index < -0.39 is 9.84 Å². The van der Waals surface area contributed by atoms with E-state index in [1.807, 2.05) is 13.0 Å². The van der Waals surface area contributed by atoms with Crippen LogP contribution in [0.15, 0.2) is 29.4 Å². The third-order valence-corrected chi connectivity index (χ3v) is 6.38. The Balaban J connectivity index is 1.92. The summed E-state index contributed by atoms with van der Waals surface area (Å²) in [5, 5.41) is 16.9. The third kappa shape index (κ3) is 4.58. The summed E-state index contributed by atoms with van der Waals surface area (Å²) < 4.78 is 33.5. The van der Waals surface area contributed by atoms with Gasteiger partial charge in [0.15, 0.2) is 5.82 Å². The first kappa shape index (κ1) is 20.5. The van der Waals surface area contributed by atoms with Gasteiger partial charge < -0.3 is 10.5 Å². The van der Waals surface area contributed by atoms with Crippen molar-refractivity contribution in [3.63, 3.8) is 0 Å². The standard InChI is InChI=1S/C19H25N5O3S/c1-2-4-17(21)18-22-23-19(24(18)12-16-5-3-10-27-16)28(25,26)13-15-8-6-14(11-20)7-9-15/h6-9,16-17H,2-5,10,12-13,21H2,1H3. The van der Waals surface area contributed by atoms with E-state index in [2.05, 4.69) is 10.2 Å². The normalized spacial score (nSPS) is 18.1. The summed E-state index contributed by atoms with van der Waals surface area (Å²) in [6.45, 7) is 3.07. The van der Waals surface area contributed by atoms with Crippen molar-refractivity contribution < 1.29 is 13.2 Å². The minimum absolute atomic E-state index is 0.0626. The number of sulfone groups is 1. The lowest BCUT2D eigenvalue weighted by molar-refractivity contribution is 0.0936. The molecular formula is C19H25N5O3S. The van der Waals surface area contributed by atoms with Gasteiger partial charge in [-0.15, -0.1) is 10.2 Å². The molecule has 2 unspecified atom stereocenters. The predicted octanol–water partition coefficient (Wildman–Crippen LogP) is 2.10. The molecule has 1 aromatic heterocycles. The van der Waals surface area contributed by atoms with E-state index in [0.717, 1.165) is 19.3 Å². The summed E-state index contributed by atoms with van der Waals surface area (Å²) in [4.78, 5) is 0. The van der Waals surface area contributed by atoms with Gasteiger partial charge in [-0.3, -0.25) is 4.57 Å². The Labute approximate surface area is 165 Å². The molecule has 1 aliphatic heterocycles. The second kappa shape index (κ2) is 8.82. The van der Waals surface area contributed by atoms with Crippen molar-refractivity contribution >= 4 is 9.84 Å². The minimum atomic E-state index is -3.74. The molecule has 1 fully saturated rings. The van der Waals surface area contributed by atoms with Gasteiger partial charge in [-0.05, 0) is 37.0 Å². The lowest BCUT2D eigenvalue weighted by Crippen LogP contribution is -2.24. The minimum Gasteiger partial charge on any atom is -0.376 e. The molecule has 2 aromatic rings. The second-order valence-corrected chi connectivity index (χ2v) is 8.93. The molecule has 28 heavy (non-hydrogen) atoms. The topological polar surface area (TPSA) is 124 Å². The number of nitriles is 1. The predicted molar refractivity (Wildman–Crippen MR) is 103 cm³/mol. The summed E-state index contributed by atoms with van der Waals surface area (Å²) in [6.07, 6.45) is 3.32. The van der Waals surface area contributed by atoms with Crippen LogP contribution in [-0.4, -0.2) is 35.9 Å². The van der Waals surface area contributed by atoms with Gasteiger partial charge in [0, 0.05) is 6.61 Å². The van der Waals surface area contributed by atoms with Crippen molar-refractivity contribution in [1.82, 2.24) is 14.8 Å². The molecule has 1 saturated heterocycles. The SMILES string of the molecule is CCCC(N)c1nnc(S(=O)(=O)Cc2ccc(C#N)cc2)n1CC1CCCO1. The monoisotopic (exact) mass is 403 g/mol. The van der Waals surface area contributed by atoms with Crippen LogP contribution >= 0.6 is 0 Å². The fourth-order valence-corrected chi connectivity index (χ4v) is 4.80. The molecule has 8 nitrogen and oxygen atoms in total. The van der Waals surface area contributed by atoms with Crippen molar-refractivity contribution in [2.45, 2.75) is 62.2 Å². The van der Waals surface area contributed by atoms with E-state index in [4.69, 9.17) is 15.7 Å². The first-order valence-electron chi connectivity index (χ1n) is 9.46. The zero-order chi connectivity index (χ0) is 20.1. The Morgan fingerprint density at radius 3 is 2.71 bits per heavy atom. The maximum absolute atomic E-state index is 13.1. The van der Waals surface area contributed by atoms with Crippen LogP contribution in [0.5, 0.6) is 0 Å². The summed E-state index contributed by atoms with van der Waals surface area (Å²) >= 11 is 0. The highest BCUT2D eigenvalue weighted by Gasteiger charge is 2.29. The largest absolute Gasteiger partial charge is 0.376 e. The number of ether oxygens (including phenoxy) is 1. The Hall–Kier alpha value is -2.28. The number of hydrogen-bond acceptors (Lipinski definition) is 7. The smallest absolute Gasteiger partial charge is 0.250 e. The average molecular weight is 404 g/mol. The number of nitrogens with zero attached hydrogens (tertiary/aromatic N) is 4. The van der Waals surface area contributed by atoms with E-state index in [-0.39, 0.29) is 23.1 Å². The lowest BCUT2D eigenvalue weighted by Gasteiger charge is -2.17. The molecule has 2 heterocycles. The van der Waals surface area contributed by atoms with Crippen molar-refractivity contribution in [3.05, 3.63) is 41.2 Å². The van der Waals surface area contributed by atoms with Crippen LogP contribution in [0.1, 0.15) is 55.6 Å². The Bertz CT molecular complexity index is 941. The molecule has 0 aliphatic carbocycles. The van der Waals surface area contributed by atoms with Crippen LogP contribution in [0.25, 0.3) is 0 Å². The van der Waals surface area contributed by atoms with Gasteiger partial charge in [-0.25, -0.2) is 8.42 Å². The number of aromatic nitrogens is 3. The molecule has 0 radical (unpaired) electrons. The highest BCUT2D eigenvalue weighted by molar-refractivity contribution is 7.90. The van der Waals surface area contributed by atoms with Crippen LogP contribution in [-0.2, 0) is 26.9 Å². The van der Waals surface area contributed by atoms with Crippen LogP contribution in [0.2, 0.25) is 0 Å². The quantitative estimate of drug-likeness (QED) is 0.715. The molecule has 0 saturated carbocycles. The van der Waals surface area contributed by atoms with E-state index in [0.29, 0.717) is 36.5 Å². The summed E-state index contributed by atoms with van der Waals surface area (Å²) in [6, 6.07) is 8.13. The number of benzene rings is 1. The van der Waals surface area contributed by atoms with Crippen molar-refractivity contribution in [3.8, 4) is 6.07 Å². The van der Waals surface area contributed by atoms with E-state index in [1.165, 1.54) is 0 Å². The average Bonchev–Trinajstić information content (AvgIpc) is 3.33. The Morgan fingerprint density at radius 2 is 2.11 bits per heavy atom. The van der Waals surface area contributed by atoms with Gasteiger partial charge in [0.05, 0.1) is 36.1 Å². The van der Waals surface area contributed by atoms with Gasteiger partial charge in [0.2, 0.25) is 15.0 Å². The lowest BCUT2D eigenvalue weighted by atomic mass is 10.1. The molecule has 150 valence electrons. The van der Waals surface area contributed by atoms with E-state index in [1.54, 1.807) is 28.8 Å². The molecule has 1 aliphatic rings. The first-order chi connectivity index (χ1) is 13.4. The van der Waals surface area contributed by atoms with Gasteiger partial charge in [0.1, 0.15) is 0 Å². The van der Waals surface area contributed by atoms with Gasteiger partial charge in [0.25, 0.3) is 0 Å². The van der Waals surface area contributed by atoms with Crippen LogP contribution in [0.3, 0.4) is 0 Å². The number of rotatable bonds is 8. The van der Waals surface area contributed by atoms with Crippen LogP contribution < -0.4 is 5.73 Å². The molecular weight excluding hydrogens is 378 g/mol. The molecule has 0 bridgehead atoms. The fourth-order valence-electron chi connectivity index (χ4n) is 3.37. The van der Waals surface area contributed by atoms with Gasteiger partial charge >= 0.3 is 0 Å². The van der Waals surface area contributed by atoms with Crippen LogP contribution in [0.4, 0.5) is 0 Å². The number of nitrogens with two attached hydrogens (primary N) is 1. The molecule has 9 heteroatoms. The van der Waals surface area contributed by atoms with Crippen molar-refractivity contribution in [2.24, 2.45) is 5.73 Å². The summed E-state index contributed by atoms with van der Waals surface area (Å²) in [7, 11) is -3.74. The molecule has 2 N–H and O–H groups in total. The zero-order valence-corrected chi connectivity index (χ0v) is 16.7. The highest BCUT2D eigenvalue weighted by atomic mass is 32.2. The summed E-state index contributed by atoms with van der Waals surface area (Å²) in [5.41, 5.74) is 7.30. The first-order valence-corrected chi connectivity index (χ1v) is 11.1. The zero-order valence-electron chi connectivity index (χ0n) is 15.9. The third-order valence-electron chi connectivity index (χ3n) is 4.80. The Morgan fingerprint density at radius 1 is 1.36 bits per heavy atom. The summed E-state index contributed by atoms with van der Waals surface area (Å²) in [5.74, 6) is 0.265. The molecule has 1 aromatic carbocycles. The maximum Gasteiger partial charge on any atom is 0.250 e. The molecule has 2 atom stereocenters. The Kier molecular flexibility index (Phi) is 6.44. The van der Waals surface area contributed by atoms with E-state index in [9.17, 15) is 8.42 Å². The molecule has 0 spiro atoms. The second-order valence-electron chi connectivity index (χ2n) is 7.05. The van der Waals surface area contributed by atoms with Crippen molar-refractivity contribution in [1.29, 1.82) is 5.26 Å². The number of hydrogen-bond donors (Lipinski definition) is 1. The van der Waals surface area contributed by atoms with Crippen molar-refractivity contribution in [2.75, 3.05) is 6.61 Å². The van der Waals surface area contributed by atoms with Gasteiger partial charge in [-0.1, -0.05) is 25.5 Å².